The molecule has 0 bridgehead atoms. The summed E-state index contributed by atoms with van der Waals surface area (Å²) in [6.07, 6.45) is 2.53. The average Bonchev–Trinajstić information content (AvgIpc) is 3.04. The number of hydrogen-bond donors (Lipinski definition) is 3. The molecule has 0 saturated heterocycles. The van der Waals surface area contributed by atoms with E-state index in [4.69, 9.17) is 0 Å². The number of aromatic nitrogens is 1. The minimum Gasteiger partial charge on any atom is -0.361 e. The van der Waals surface area contributed by atoms with Crippen molar-refractivity contribution in [2.24, 2.45) is 0 Å². The van der Waals surface area contributed by atoms with Gasteiger partial charge < -0.3 is 15.6 Å². The molecule has 138 valence electrons. The zero-order valence-electron chi connectivity index (χ0n) is 14.6. The molecule has 0 aliphatic carbocycles. The second kappa shape index (κ2) is 7.69. The maximum Gasteiger partial charge on any atom is 0.293 e. The van der Waals surface area contributed by atoms with Gasteiger partial charge in [-0.05, 0) is 30.2 Å². The molecule has 0 fully saturated rings. The number of aromatic amines is 1. The number of para-hydroxylation sites is 1. The quantitative estimate of drug-likeness (QED) is 0.459. The molecule has 0 saturated carbocycles. The van der Waals surface area contributed by atoms with E-state index in [-0.39, 0.29) is 16.9 Å². The molecule has 8 nitrogen and oxygen atoms in total. The Labute approximate surface area is 154 Å². The fraction of sp³-hybridized carbons (Fsp3) is 0.158. The van der Waals surface area contributed by atoms with Crippen molar-refractivity contribution in [2.45, 2.75) is 13.3 Å². The van der Waals surface area contributed by atoms with E-state index in [0.29, 0.717) is 13.0 Å². The standard InChI is InChI=1S/C19H18N4O4/c1-12(24)22-17-7-6-13(10-18(17)23(26)27)19(25)20-9-8-14-11-21-16-5-3-2-4-15(14)16/h2-7,10-11,21H,8-9H2,1H3,(H,20,25)(H,22,24). The molecule has 0 aliphatic rings. The molecule has 3 aromatic rings. The van der Waals surface area contributed by atoms with Gasteiger partial charge in [0.25, 0.3) is 11.6 Å². The number of nitrogens with zero attached hydrogens (tertiary/aromatic N) is 1. The van der Waals surface area contributed by atoms with E-state index < -0.39 is 16.7 Å². The van der Waals surface area contributed by atoms with Gasteiger partial charge in [0.2, 0.25) is 5.91 Å². The molecule has 0 aliphatic heterocycles. The van der Waals surface area contributed by atoms with Gasteiger partial charge in [0.05, 0.1) is 4.92 Å². The zero-order valence-corrected chi connectivity index (χ0v) is 14.6. The van der Waals surface area contributed by atoms with Crippen LogP contribution in [0.2, 0.25) is 0 Å². The normalized spacial score (nSPS) is 10.6. The Balaban J connectivity index is 1.68. The van der Waals surface area contributed by atoms with Crippen LogP contribution in [0, 0.1) is 10.1 Å². The molecular formula is C19H18N4O4. The van der Waals surface area contributed by atoms with E-state index in [1.807, 2.05) is 30.5 Å². The number of anilines is 1. The number of nitrogens with one attached hydrogen (secondary N) is 3. The van der Waals surface area contributed by atoms with Gasteiger partial charge in [0, 0.05) is 42.2 Å². The number of amides is 2. The van der Waals surface area contributed by atoms with Gasteiger partial charge in [-0.25, -0.2) is 0 Å². The maximum atomic E-state index is 12.3. The number of carbonyl (C=O) groups excluding carboxylic acids is 2. The molecule has 0 unspecified atom stereocenters. The summed E-state index contributed by atoms with van der Waals surface area (Å²) in [5.74, 6) is -0.832. The van der Waals surface area contributed by atoms with E-state index in [1.165, 1.54) is 19.1 Å². The van der Waals surface area contributed by atoms with Crippen LogP contribution in [0.1, 0.15) is 22.8 Å². The molecule has 2 aromatic carbocycles. The van der Waals surface area contributed by atoms with E-state index in [9.17, 15) is 19.7 Å². The topological polar surface area (TPSA) is 117 Å². The summed E-state index contributed by atoms with van der Waals surface area (Å²) >= 11 is 0. The SMILES string of the molecule is CC(=O)Nc1ccc(C(=O)NCCc2c[nH]c3ccccc23)cc1[N+](=O)[O-]. The van der Waals surface area contributed by atoms with E-state index in [2.05, 4.69) is 15.6 Å². The number of hydrogen-bond acceptors (Lipinski definition) is 4. The van der Waals surface area contributed by atoms with Crippen molar-refractivity contribution in [3.63, 3.8) is 0 Å². The van der Waals surface area contributed by atoms with Crippen molar-refractivity contribution in [3.05, 3.63) is 69.9 Å². The van der Waals surface area contributed by atoms with Gasteiger partial charge in [-0.15, -0.1) is 0 Å². The number of carbonyl (C=O) groups is 2. The summed E-state index contributed by atoms with van der Waals surface area (Å²) in [6, 6.07) is 11.8. The van der Waals surface area contributed by atoms with E-state index >= 15 is 0 Å². The Morgan fingerprint density at radius 3 is 2.70 bits per heavy atom. The van der Waals surface area contributed by atoms with E-state index in [0.717, 1.165) is 22.5 Å². The molecule has 8 heteroatoms. The monoisotopic (exact) mass is 366 g/mol. The zero-order chi connectivity index (χ0) is 19.4. The third kappa shape index (κ3) is 4.12. The van der Waals surface area contributed by atoms with E-state index in [1.54, 1.807) is 0 Å². The number of fused-ring (bicyclic) bond motifs is 1. The lowest BCUT2D eigenvalue weighted by molar-refractivity contribution is -0.384. The highest BCUT2D eigenvalue weighted by atomic mass is 16.6. The number of rotatable bonds is 6. The molecular weight excluding hydrogens is 348 g/mol. The van der Waals surface area contributed by atoms with Crippen molar-refractivity contribution < 1.29 is 14.5 Å². The van der Waals surface area contributed by atoms with Crippen LogP contribution in [0.15, 0.2) is 48.7 Å². The first kappa shape index (κ1) is 18.1. The average molecular weight is 366 g/mol. The lowest BCUT2D eigenvalue weighted by Crippen LogP contribution is -2.25. The first-order valence-corrected chi connectivity index (χ1v) is 8.35. The molecule has 3 rings (SSSR count). The molecule has 2 amide bonds. The summed E-state index contributed by atoms with van der Waals surface area (Å²) in [5, 5.41) is 17.4. The lowest BCUT2D eigenvalue weighted by Gasteiger charge is -2.07. The Morgan fingerprint density at radius 1 is 1.19 bits per heavy atom. The summed E-state index contributed by atoms with van der Waals surface area (Å²) in [4.78, 5) is 37.2. The van der Waals surface area contributed by atoms with Crippen LogP contribution in [0.3, 0.4) is 0 Å². The molecule has 0 radical (unpaired) electrons. The van der Waals surface area contributed by atoms with Crippen LogP contribution < -0.4 is 10.6 Å². The molecule has 1 heterocycles. The minimum atomic E-state index is -0.631. The molecule has 1 aromatic heterocycles. The molecule has 3 N–H and O–H groups in total. The fourth-order valence-corrected chi connectivity index (χ4v) is 2.87. The van der Waals surface area contributed by atoms with Crippen molar-refractivity contribution in [1.29, 1.82) is 0 Å². The predicted molar refractivity (Wildman–Crippen MR) is 102 cm³/mol. The van der Waals surface area contributed by atoms with Crippen molar-refractivity contribution in [1.82, 2.24) is 10.3 Å². The highest BCUT2D eigenvalue weighted by Crippen LogP contribution is 2.25. The summed E-state index contributed by atoms with van der Waals surface area (Å²) in [7, 11) is 0. The fourth-order valence-electron chi connectivity index (χ4n) is 2.87. The van der Waals surface area contributed by atoms with Crippen LogP contribution in [0.4, 0.5) is 11.4 Å². The Bertz CT molecular complexity index is 1030. The minimum absolute atomic E-state index is 0.0582. The Hall–Kier alpha value is -3.68. The van der Waals surface area contributed by atoms with Crippen molar-refractivity contribution in [2.75, 3.05) is 11.9 Å². The van der Waals surface area contributed by atoms with Crippen LogP contribution in [-0.4, -0.2) is 28.3 Å². The van der Waals surface area contributed by atoms with Gasteiger partial charge in [-0.1, -0.05) is 18.2 Å². The third-order valence-corrected chi connectivity index (χ3v) is 4.12. The first-order valence-electron chi connectivity index (χ1n) is 8.35. The first-order chi connectivity index (χ1) is 13.0. The van der Waals surface area contributed by atoms with Crippen LogP contribution in [-0.2, 0) is 11.2 Å². The Morgan fingerprint density at radius 2 is 1.96 bits per heavy atom. The Kier molecular flexibility index (Phi) is 5.16. The predicted octanol–water partition coefficient (Wildman–Crippen LogP) is 3.01. The van der Waals surface area contributed by atoms with Gasteiger partial charge in [-0.3, -0.25) is 19.7 Å². The van der Waals surface area contributed by atoms with Crippen molar-refractivity contribution >= 4 is 34.1 Å². The summed E-state index contributed by atoms with van der Waals surface area (Å²) in [6.45, 7) is 1.65. The van der Waals surface area contributed by atoms with Gasteiger partial charge in [-0.2, -0.15) is 0 Å². The second-order valence-electron chi connectivity index (χ2n) is 6.04. The number of nitro benzene ring substituents is 1. The van der Waals surface area contributed by atoms with Crippen molar-refractivity contribution in [3.8, 4) is 0 Å². The number of nitro groups is 1. The molecule has 0 spiro atoms. The third-order valence-electron chi connectivity index (χ3n) is 4.12. The van der Waals surface area contributed by atoms with Gasteiger partial charge >= 0.3 is 0 Å². The maximum absolute atomic E-state index is 12.3. The van der Waals surface area contributed by atoms with Crippen LogP contribution in [0.5, 0.6) is 0 Å². The largest absolute Gasteiger partial charge is 0.361 e. The number of H-pyrrole nitrogens is 1. The number of benzene rings is 2. The van der Waals surface area contributed by atoms with Gasteiger partial charge in [0.1, 0.15) is 5.69 Å². The summed E-state index contributed by atoms with van der Waals surface area (Å²) in [5.41, 5.74) is 2.01. The molecule has 0 atom stereocenters. The highest BCUT2D eigenvalue weighted by molar-refractivity contribution is 5.97. The smallest absolute Gasteiger partial charge is 0.293 e. The van der Waals surface area contributed by atoms with Gasteiger partial charge in [0.15, 0.2) is 0 Å². The van der Waals surface area contributed by atoms with Crippen LogP contribution in [0.25, 0.3) is 10.9 Å². The van der Waals surface area contributed by atoms with Crippen LogP contribution >= 0.6 is 0 Å². The summed E-state index contributed by atoms with van der Waals surface area (Å²) < 4.78 is 0. The second-order valence-corrected chi connectivity index (χ2v) is 6.04. The molecule has 27 heavy (non-hydrogen) atoms. The highest BCUT2D eigenvalue weighted by Gasteiger charge is 2.18. The lowest BCUT2D eigenvalue weighted by atomic mass is 10.1.